The molecule has 2 radical (unpaired) electrons. The molecule has 0 aromatic carbocycles. The first-order chi connectivity index (χ1) is 10.9. The molecule has 0 aliphatic carbocycles. The Morgan fingerprint density at radius 3 is 1.50 bits per heavy atom. The highest BCUT2D eigenvalue weighted by atomic mass is 28.2. The second-order valence-electron chi connectivity index (χ2n) is 4.92. The maximum atomic E-state index is 5.51. The van der Waals surface area contributed by atoms with E-state index in [-0.39, 0.29) is 0 Å². The quantitative estimate of drug-likeness (QED) is 0.268. The lowest BCUT2D eigenvalue weighted by Gasteiger charge is -2.07. The van der Waals surface area contributed by atoms with Crippen molar-refractivity contribution in [2.45, 2.75) is 45.6 Å². The molecule has 0 aromatic heterocycles. The van der Waals surface area contributed by atoms with Crippen LogP contribution in [-0.4, -0.2) is 69.2 Å². The lowest BCUT2D eigenvalue weighted by atomic mass is 10.2. The lowest BCUT2D eigenvalue weighted by molar-refractivity contribution is -0.00477. The monoisotopic (exact) mass is 334 g/mol. The molecule has 0 fully saturated rings. The van der Waals surface area contributed by atoms with Gasteiger partial charge in [-0.25, -0.2) is 0 Å². The standard InChI is InChI=1S/C16H34O5Si/c1-3-4-5-6-7-8-17-9-10-18-11-12-19-13-14-20-15-16-21-22-2/h3-16H2,1-2H3. The first-order valence-electron chi connectivity index (χ1n) is 8.51. The van der Waals surface area contributed by atoms with Crippen LogP contribution in [0.2, 0.25) is 6.55 Å². The zero-order valence-electron chi connectivity index (χ0n) is 14.4. The largest absolute Gasteiger partial charge is 0.415 e. The van der Waals surface area contributed by atoms with Crippen LogP contribution in [0.25, 0.3) is 0 Å². The fourth-order valence-electron chi connectivity index (χ4n) is 1.77. The summed E-state index contributed by atoms with van der Waals surface area (Å²) in [5.41, 5.74) is 0. The van der Waals surface area contributed by atoms with Crippen LogP contribution < -0.4 is 0 Å². The van der Waals surface area contributed by atoms with Gasteiger partial charge in [0.25, 0.3) is 0 Å². The van der Waals surface area contributed by atoms with Gasteiger partial charge in [0, 0.05) is 6.61 Å². The van der Waals surface area contributed by atoms with Crippen LogP contribution in [0.3, 0.4) is 0 Å². The predicted molar refractivity (Wildman–Crippen MR) is 89.6 cm³/mol. The van der Waals surface area contributed by atoms with Crippen LogP contribution in [0.4, 0.5) is 0 Å². The SMILES string of the molecule is CCCCCCCOCCOCCOCCOCCO[Si]C. The average Bonchev–Trinajstić information content (AvgIpc) is 2.54. The maximum absolute atomic E-state index is 5.51. The molecule has 0 heterocycles. The minimum atomic E-state index is 0.531. The Labute approximate surface area is 138 Å². The van der Waals surface area contributed by atoms with Crippen molar-refractivity contribution in [2.75, 3.05) is 59.5 Å². The van der Waals surface area contributed by atoms with Crippen molar-refractivity contribution in [3.63, 3.8) is 0 Å². The van der Waals surface area contributed by atoms with E-state index in [9.17, 15) is 0 Å². The number of hydrogen-bond donors (Lipinski definition) is 0. The Morgan fingerprint density at radius 2 is 1.00 bits per heavy atom. The van der Waals surface area contributed by atoms with Crippen molar-refractivity contribution in [3.05, 3.63) is 0 Å². The Hall–Kier alpha value is 0.0169. The molecule has 132 valence electrons. The minimum Gasteiger partial charge on any atom is -0.415 e. The van der Waals surface area contributed by atoms with Gasteiger partial charge in [0.2, 0.25) is 9.76 Å². The molecule has 22 heavy (non-hydrogen) atoms. The maximum Gasteiger partial charge on any atom is 0.226 e. The van der Waals surface area contributed by atoms with Gasteiger partial charge in [0.05, 0.1) is 52.9 Å². The van der Waals surface area contributed by atoms with Crippen LogP contribution in [0, 0.1) is 0 Å². The predicted octanol–water partition coefficient (Wildman–Crippen LogP) is 2.71. The van der Waals surface area contributed by atoms with Crippen molar-refractivity contribution < 1.29 is 23.4 Å². The van der Waals surface area contributed by atoms with Crippen molar-refractivity contribution >= 4 is 9.76 Å². The third kappa shape index (κ3) is 20.0. The fraction of sp³-hybridized carbons (Fsp3) is 1.00. The van der Waals surface area contributed by atoms with Gasteiger partial charge in [-0.15, -0.1) is 0 Å². The molecule has 0 aliphatic rings. The fourth-order valence-corrected chi connectivity index (χ4v) is 2.06. The average molecular weight is 335 g/mol. The van der Waals surface area contributed by atoms with E-state index in [4.69, 9.17) is 23.4 Å². The molecule has 5 nitrogen and oxygen atoms in total. The van der Waals surface area contributed by atoms with E-state index in [2.05, 4.69) is 6.92 Å². The van der Waals surface area contributed by atoms with Crippen LogP contribution >= 0.6 is 0 Å². The second kappa shape index (κ2) is 21.0. The zero-order chi connectivity index (χ0) is 16.1. The Kier molecular flexibility index (Phi) is 21.0. The molecule has 6 heteroatoms. The minimum absolute atomic E-state index is 0.531. The van der Waals surface area contributed by atoms with E-state index in [0.717, 1.165) is 13.0 Å². The first-order valence-corrected chi connectivity index (χ1v) is 9.92. The summed E-state index contributed by atoms with van der Waals surface area (Å²) in [6.45, 7) is 10.1. The molecule has 0 N–H and O–H groups in total. The number of rotatable bonds is 19. The van der Waals surface area contributed by atoms with Crippen molar-refractivity contribution in [1.82, 2.24) is 0 Å². The van der Waals surface area contributed by atoms with Gasteiger partial charge < -0.3 is 23.4 Å². The van der Waals surface area contributed by atoms with Gasteiger partial charge in [-0.3, -0.25) is 0 Å². The highest BCUT2D eigenvalue weighted by Gasteiger charge is 1.93. The molecule has 0 unspecified atom stereocenters. The number of unbranched alkanes of at least 4 members (excludes halogenated alkanes) is 4. The van der Waals surface area contributed by atoms with Gasteiger partial charge in [-0.2, -0.15) is 0 Å². The van der Waals surface area contributed by atoms with Crippen LogP contribution in [0.1, 0.15) is 39.0 Å². The topological polar surface area (TPSA) is 46.2 Å². The molecule has 0 rings (SSSR count). The molecule has 0 aliphatic heterocycles. The number of hydrogen-bond acceptors (Lipinski definition) is 5. The van der Waals surface area contributed by atoms with E-state index >= 15 is 0 Å². The smallest absolute Gasteiger partial charge is 0.226 e. The van der Waals surface area contributed by atoms with Gasteiger partial charge >= 0.3 is 0 Å². The molecule has 0 atom stereocenters. The lowest BCUT2D eigenvalue weighted by Crippen LogP contribution is -2.13. The summed E-state index contributed by atoms with van der Waals surface area (Å²) in [6, 6.07) is 0. The molecule has 0 saturated heterocycles. The third-order valence-electron chi connectivity index (χ3n) is 2.98. The summed E-state index contributed by atoms with van der Waals surface area (Å²) >= 11 is 0. The summed E-state index contributed by atoms with van der Waals surface area (Å²) in [4.78, 5) is 0. The Morgan fingerprint density at radius 1 is 0.545 bits per heavy atom. The Bertz CT molecular complexity index is 175. The van der Waals surface area contributed by atoms with E-state index in [1.165, 1.54) is 25.7 Å². The second-order valence-corrected chi connectivity index (χ2v) is 5.61. The zero-order valence-corrected chi connectivity index (χ0v) is 15.4. The molecule has 0 amide bonds. The highest BCUT2D eigenvalue weighted by Crippen LogP contribution is 2.02. The summed E-state index contributed by atoms with van der Waals surface area (Å²) in [5, 5.41) is 0. The van der Waals surface area contributed by atoms with E-state index in [1.807, 2.05) is 6.55 Å². The van der Waals surface area contributed by atoms with Crippen molar-refractivity contribution in [3.8, 4) is 0 Å². The van der Waals surface area contributed by atoms with E-state index in [1.54, 1.807) is 0 Å². The van der Waals surface area contributed by atoms with Crippen molar-refractivity contribution in [1.29, 1.82) is 0 Å². The van der Waals surface area contributed by atoms with Gasteiger partial charge in [0.15, 0.2) is 0 Å². The van der Waals surface area contributed by atoms with Crippen LogP contribution in [0.15, 0.2) is 0 Å². The molecule has 0 bridgehead atoms. The summed E-state index contributed by atoms with van der Waals surface area (Å²) in [7, 11) is 0.531. The van der Waals surface area contributed by atoms with E-state index < -0.39 is 0 Å². The molecule has 0 saturated carbocycles. The van der Waals surface area contributed by atoms with Gasteiger partial charge in [0.1, 0.15) is 0 Å². The van der Waals surface area contributed by atoms with Gasteiger partial charge in [-0.1, -0.05) is 32.6 Å². The van der Waals surface area contributed by atoms with Crippen LogP contribution in [-0.2, 0) is 23.4 Å². The Balaban J connectivity index is 2.91. The summed E-state index contributed by atoms with van der Waals surface area (Å²) < 4.78 is 26.9. The molecule has 0 aromatic rings. The number of ether oxygens (including phenoxy) is 4. The summed E-state index contributed by atoms with van der Waals surface area (Å²) in [5.74, 6) is 0. The molecular weight excluding hydrogens is 300 g/mol. The van der Waals surface area contributed by atoms with E-state index in [0.29, 0.717) is 62.6 Å². The van der Waals surface area contributed by atoms with Crippen molar-refractivity contribution in [2.24, 2.45) is 0 Å². The van der Waals surface area contributed by atoms with Crippen LogP contribution in [0.5, 0.6) is 0 Å². The molecule has 0 spiro atoms. The first kappa shape index (κ1) is 22.0. The molecular formula is C16H34O5Si. The normalized spacial score (nSPS) is 11.2. The van der Waals surface area contributed by atoms with Gasteiger partial charge in [-0.05, 0) is 13.0 Å². The third-order valence-corrected chi connectivity index (χ3v) is 3.48. The summed E-state index contributed by atoms with van der Waals surface area (Å²) in [6.07, 6.45) is 6.38. The highest BCUT2D eigenvalue weighted by molar-refractivity contribution is 6.24.